The molecule has 0 saturated carbocycles. The van der Waals surface area contributed by atoms with Crippen molar-refractivity contribution >= 4 is 5.69 Å². The Morgan fingerprint density at radius 2 is 1.86 bits per heavy atom. The molecule has 0 atom stereocenters. The average molecular weight is 204 g/mol. The van der Waals surface area contributed by atoms with Crippen molar-refractivity contribution in [3.63, 3.8) is 0 Å². The lowest BCUT2D eigenvalue weighted by Gasteiger charge is -2.12. The van der Waals surface area contributed by atoms with E-state index in [1.807, 2.05) is 0 Å². The minimum Gasteiger partial charge on any atom is -0.398 e. The summed E-state index contributed by atoms with van der Waals surface area (Å²) in [4.78, 5) is 0. The Labute approximate surface area is 79.7 Å². The maximum atomic E-state index is 12.4. The van der Waals surface area contributed by atoms with Crippen LogP contribution in [-0.4, -0.2) is 6.54 Å². The SMILES string of the molecule is NCCc1cccc(C(F)(F)F)c1N. The fourth-order valence-electron chi connectivity index (χ4n) is 1.23. The highest BCUT2D eigenvalue weighted by Crippen LogP contribution is 2.34. The third kappa shape index (κ3) is 2.17. The first kappa shape index (κ1) is 10.8. The van der Waals surface area contributed by atoms with Gasteiger partial charge in [-0.2, -0.15) is 13.2 Å². The minimum atomic E-state index is -4.39. The highest BCUT2D eigenvalue weighted by molar-refractivity contribution is 5.55. The zero-order chi connectivity index (χ0) is 10.8. The highest BCUT2D eigenvalue weighted by Gasteiger charge is 2.33. The molecule has 0 unspecified atom stereocenters. The number of benzene rings is 1. The van der Waals surface area contributed by atoms with Crippen molar-refractivity contribution < 1.29 is 13.2 Å². The van der Waals surface area contributed by atoms with E-state index in [1.54, 1.807) is 6.07 Å². The molecular weight excluding hydrogens is 193 g/mol. The predicted octanol–water partition coefficient (Wildman–Crippen LogP) is 1.79. The zero-order valence-corrected chi connectivity index (χ0v) is 7.43. The highest BCUT2D eigenvalue weighted by atomic mass is 19.4. The summed E-state index contributed by atoms with van der Waals surface area (Å²) in [5.74, 6) is 0. The summed E-state index contributed by atoms with van der Waals surface area (Å²) >= 11 is 0. The van der Waals surface area contributed by atoms with E-state index in [-0.39, 0.29) is 12.2 Å². The summed E-state index contributed by atoms with van der Waals surface area (Å²) in [6, 6.07) is 3.86. The Kier molecular flexibility index (Phi) is 3.00. The average Bonchev–Trinajstić information content (AvgIpc) is 2.07. The van der Waals surface area contributed by atoms with Crippen molar-refractivity contribution in [2.24, 2.45) is 5.73 Å². The quantitative estimate of drug-likeness (QED) is 0.721. The van der Waals surface area contributed by atoms with Crippen LogP contribution >= 0.6 is 0 Å². The van der Waals surface area contributed by atoms with Gasteiger partial charge in [-0.3, -0.25) is 0 Å². The zero-order valence-electron chi connectivity index (χ0n) is 7.43. The van der Waals surface area contributed by atoms with Gasteiger partial charge in [0.05, 0.1) is 5.56 Å². The molecule has 0 bridgehead atoms. The molecule has 0 fully saturated rings. The van der Waals surface area contributed by atoms with Crippen molar-refractivity contribution in [3.8, 4) is 0 Å². The fraction of sp³-hybridized carbons (Fsp3) is 0.333. The van der Waals surface area contributed by atoms with E-state index in [4.69, 9.17) is 11.5 Å². The maximum absolute atomic E-state index is 12.4. The number of nitrogen functional groups attached to an aromatic ring is 1. The van der Waals surface area contributed by atoms with Crippen LogP contribution in [0.3, 0.4) is 0 Å². The normalized spacial score (nSPS) is 11.7. The molecule has 0 spiro atoms. The first-order valence-electron chi connectivity index (χ1n) is 4.11. The molecule has 78 valence electrons. The van der Waals surface area contributed by atoms with Gasteiger partial charge in [-0.1, -0.05) is 12.1 Å². The first-order valence-corrected chi connectivity index (χ1v) is 4.11. The summed E-state index contributed by atoms with van der Waals surface area (Å²) < 4.78 is 37.1. The van der Waals surface area contributed by atoms with Gasteiger partial charge < -0.3 is 11.5 Å². The molecule has 1 rings (SSSR count). The number of anilines is 1. The van der Waals surface area contributed by atoms with Crippen LogP contribution in [0.2, 0.25) is 0 Å². The topological polar surface area (TPSA) is 52.0 Å². The second kappa shape index (κ2) is 3.88. The lowest BCUT2D eigenvalue weighted by molar-refractivity contribution is -0.136. The Hall–Kier alpha value is -1.23. The number of alkyl halides is 3. The molecule has 5 heteroatoms. The third-order valence-electron chi connectivity index (χ3n) is 1.92. The van der Waals surface area contributed by atoms with E-state index in [2.05, 4.69) is 0 Å². The van der Waals surface area contributed by atoms with Crippen LogP contribution in [0.25, 0.3) is 0 Å². The Morgan fingerprint density at radius 3 is 2.36 bits per heavy atom. The van der Waals surface area contributed by atoms with Gasteiger partial charge in [0.2, 0.25) is 0 Å². The van der Waals surface area contributed by atoms with Crippen LogP contribution < -0.4 is 11.5 Å². The van der Waals surface area contributed by atoms with Gasteiger partial charge in [0.25, 0.3) is 0 Å². The van der Waals surface area contributed by atoms with E-state index >= 15 is 0 Å². The number of hydrogen-bond donors (Lipinski definition) is 2. The van der Waals surface area contributed by atoms with Gasteiger partial charge in [-0.05, 0) is 24.6 Å². The standard InChI is InChI=1S/C9H11F3N2/c10-9(11,12)7-3-1-2-6(4-5-13)8(7)14/h1-3H,4-5,13-14H2. The molecule has 1 aromatic carbocycles. The number of nitrogens with two attached hydrogens (primary N) is 2. The van der Waals surface area contributed by atoms with Gasteiger partial charge in [0, 0.05) is 5.69 Å². The summed E-state index contributed by atoms with van der Waals surface area (Å²) in [5.41, 5.74) is 10.1. The maximum Gasteiger partial charge on any atom is 0.418 e. The van der Waals surface area contributed by atoms with Crippen molar-refractivity contribution in [2.45, 2.75) is 12.6 Å². The molecule has 14 heavy (non-hydrogen) atoms. The number of rotatable bonds is 2. The monoisotopic (exact) mass is 204 g/mol. The van der Waals surface area contributed by atoms with Gasteiger partial charge in [-0.15, -0.1) is 0 Å². The molecule has 1 aromatic rings. The van der Waals surface area contributed by atoms with Crippen molar-refractivity contribution in [3.05, 3.63) is 29.3 Å². The Balaban J connectivity index is 3.14. The Bertz CT molecular complexity index is 320. The molecule has 0 heterocycles. The van der Waals surface area contributed by atoms with Crippen molar-refractivity contribution in [1.82, 2.24) is 0 Å². The molecule has 0 amide bonds. The van der Waals surface area contributed by atoms with E-state index in [1.165, 1.54) is 6.07 Å². The van der Waals surface area contributed by atoms with Crippen LogP contribution in [0.4, 0.5) is 18.9 Å². The minimum absolute atomic E-state index is 0.217. The molecule has 0 radical (unpaired) electrons. The molecule has 4 N–H and O–H groups in total. The molecule has 0 aliphatic heterocycles. The Morgan fingerprint density at radius 1 is 1.21 bits per heavy atom. The molecule has 2 nitrogen and oxygen atoms in total. The summed E-state index contributed by atoms with van der Waals surface area (Å²) in [6.07, 6.45) is -4.04. The van der Waals surface area contributed by atoms with E-state index in [0.29, 0.717) is 12.0 Å². The van der Waals surface area contributed by atoms with Crippen LogP contribution in [0.1, 0.15) is 11.1 Å². The molecular formula is C9H11F3N2. The van der Waals surface area contributed by atoms with Gasteiger partial charge >= 0.3 is 6.18 Å². The lowest BCUT2D eigenvalue weighted by Crippen LogP contribution is -2.12. The van der Waals surface area contributed by atoms with Crippen molar-refractivity contribution in [2.75, 3.05) is 12.3 Å². The van der Waals surface area contributed by atoms with E-state index in [0.717, 1.165) is 6.07 Å². The number of hydrogen-bond acceptors (Lipinski definition) is 2. The van der Waals surface area contributed by atoms with Gasteiger partial charge in [0.1, 0.15) is 0 Å². The van der Waals surface area contributed by atoms with Gasteiger partial charge in [0.15, 0.2) is 0 Å². The first-order chi connectivity index (χ1) is 6.46. The van der Waals surface area contributed by atoms with E-state index < -0.39 is 11.7 Å². The number of para-hydroxylation sites is 1. The largest absolute Gasteiger partial charge is 0.418 e. The second-order valence-electron chi connectivity index (χ2n) is 2.91. The summed E-state index contributed by atoms with van der Waals surface area (Å²) in [5, 5.41) is 0. The van der Waals surface area contributed by atoms with Crippen LogP contribution in [-0.2, 0) is 12.6 Å². The van der Waals surface area contributed by atoms with Crippen LogP contribution in [0.5, 0.6) is 0 Å². The summed E-state index contributed by atoms with van der Waals surface area (Å²) in [6.45, 7) is 0.283. The molecule has 0 aliphatic carbocycles. The van der Waals surface area contributed by atoms with Gasteiger partial charge in [-0.25, -0.2) is 0 Å². The third-order valence-corrected chi connectivity index (χ3v) is 1.92. The number of halogens is 3. The fourth-order valence-corrected chi connectivity index (χ4v) is 1.23. The van der Waals surface area contributed by atoms with Crippen LogP contribution in [0.15, 0.2) is 18.2 Å². The molecule has 0 saturated heterocycles. The molecule has 0 aliphatic rings. The smallest absolute Gasteiger partial charge is 0.398 e. The molecule has 0 aromatic heterocycles. The summed E-state index contributed by atoms with van der Waals surface area (Å²) in [7, 11) is 0. The van der Waals surface area contributed by atoms with E-state index in [9.17, 15) is 13.2 Å². The van der Waals surface area contributed by atoms with Crippen LogP contribution in [0, 0.1) is 0 Å². The lowest BCUT2D eigenvalue weighted by atomic mass is 10.0. The second-order valence-corrected chi connectivity index (χ2v) is 2.91. The van der Waals surface area contributed by atoms with Crippen molar-refractivity contribution in [1.29, 1.82) is 0 Å². The predicted molar refractivity (Wildman–Crippen MR) is 48.6 cm³/mol.